The predicted molar refractivity (Wildman–Crippen MR) is 79.6 cm³/mol. The van der Waals surface area contributed by atoms with E-state index in [1.807, 2.05) is 6.92 Å². The molecular weight excluding hydrogens is 271 g/mol. The summed E-state index contributed by atoms with van der Waals surface area (Å²) in [5.41, 5.74) is 1.07. The van der Waals surface area contributed by atoms with E-state index in [0.717, 1.165) is 18.4 Å². The largest absolute Gasteiger partial charge is 0.450 e. The minimum Gasteiger partial charge on any atom is -0.450 e. The lowest BCUT2D eigenvalue weighted by molar-refractivity contribution is 0.0944. The Kier molecular flexibility index (Phi) is 5.56. The summed E-state index contributed by atoms with van der Waals surface area (Å²) >= 11 is 0. The second kappa shape index (κ2) is 7.41. The highest BCUT2D eigenvalue weighted by molar-refractivity contribution is 5.67. The molecule has 0 bridgehead atoms. The first-order valence-corrected chi connectivity index (χ1v) is 7.53. The zero-order valence-electron chi connectivity index (χ0n) is 12.6. The van der Waals surface area contributed by atoms with Crippen LogP contribution in [0.15, 0.2) is 24.3 Å². The van der Waals surface area contributed by atoms with Crippen molar-refractivity contribution < 1.29 is 13.9 Å². The van der Waals surface area contributed by atoms with Gasteiger partial charge in [-0.05, 0) is 44.4 Å². The van der Waals surface area contributed by atoms with Crippen molar-refractivity contribution in [3.8, 4) is 0 Å². The first kappa shape index (κ1) is 15.8. The third-order valence-corrected chi connectivity index (χ3v) is 3.88. The van der Waals surface area contributed by atoms with Crippen LogP contribution in [-0.4, -0.2) is 36.7 Å². The average Bonchev–Trinajstić information content (AvgIpc) is 2.49. The molecule has 21 heavy (non-hydrogen) atoms. The monoisotopic (exact) mass is 294 g/mol. The number of rotatable bonds is 4. The molecular formula is C16H23FN2O2. The maximum atomic E-state index is 12.9. The van der Waals surface area contributed by atoms with Crippen molar-refractivity contribution in [3.05, 3.63) is 35.6 Å². The van der Waals surface area contributed by atoms with Crippen LogP contribution >= 0.6 is 0 Å². The molecule has 1 N–H and O–H groups in total. The second-order valence-electron chi connectivity index (χ2n) is 5.40. The highest BCUT2D eigenvalue weighted by atomic mass is 19.1. The fourth-order valence-electron chi connectivity index (χ4n) is 2.64. The van der Waals surface area contributed by atoms with Crippen LogP contribution in [0.5, 0.6) is 0 Å². The summed E-state index contributed by atoms with van der Waals surface area (Å²) in [6, 6.07) is 7.12. The van der Waals surface area contributed by atoms with Gasteiger partial charge in [-0.3, -0.25) is 0 Å². The van der Waals surface area contributed by atoms with Gasteiger partial charge in [0.05, 0.1) is 6.61 Å². The van der Waals surface area contributed by atoms with Crippen molar-refractivity contribution in [2.45, 2.75) is 38.8 Å². The van der Waals surface area contributed by atoms with E-state index in [1.54, 1.807) is 17.0 Å². The first-order chi connectivity index (χ1) is 10.1. The van der Waals surface area contributed by atoms with Crippen LogP contribution in [0.25, 0.3) is 0 Å². The fourth-order valence-corrected chi connectivity index (χ4v) is 2.64. The Bertz CT molecular complexity index is 456. The number of piperidine rings is 1. The quantitative estimate of drug-likeness (QED) is 0.928. The van der Waals surface area contributed by atoms with Gasteiger partial charge in [0, 0.05) is 25.2 Å². The van der Waals surface area contributed by atoms with Gasteiger partial charge in [0.1, 0.15) is 5.82 Å². The Morgan fingerprint density at radius 3 is 2.57 bits per heavy atom. The smallest absolute Gasteiger partial charge is 0.409 e. The van der Waals surface area contributed by atoms with Crippen molar-refractivity contribution >= 4 is 6.09 Å². The van der Waals surface area contributed by atoms with Gasteiger partial charge in [-0.1, -0.05) is 12.1 Å². The van der Waals surface area contributed by atoms with E-state index in [1.165, 1.54) is 12.1 Å². The van der Waals surface area contributed by atoms with Gasteiger partial charge in [0.25, 0.3) is 0 Å². The van der Waals surface area contributed by atoms with E-state index < -0.39 is 0 Å². The van der Waals surface area contributed by atoms with E-state index in [0.29, 0.717) is 25.7 Å². The highest BCUT2D eigenvalue weighted by Crippen LogP contribution is 2.18. The van der Waals surface area contributed by atoms with Crippen LogP contribution in [0.3, 0.4) is 0 Å². The minimum absolute atomic E-state index is 0.171. The van der Waals surface area contributed by atoms with E-state index in [-0.39, 0.29) is 18.0 Å². The molecule has 1 heterocycles. The van der Waals surface area contributed by atoms with Gasteiger partial charge in [0.15, 0.2) is 0 Å². The maximum Gasteiger partial charge on any atom is 0.409 e. The molecule has 1 saturated heterocycles. The van der Waals surface area contributed by atoms with Gasteiger partial charge < -0.3 is 15.0 Å². The molecule has 1 aliphatic rings. The zero-order chi connectivity index (χ0) is 15.2. The molecule has 0 saturated carbocycles. The van der Waals surface area contributed by atoms with E-state index in [2.05, 4.69) is 12.2 Å². The summed E-state index contributed by atoms with van der Waals surface area (Å²) in [4.78, 5) is 13.4. The second-order valence-corrected chi connectivity index (χ2v) is 5.40. The lowest BCUT2D eigenvalue weighted by Crippen LogP contribution is -2.45. The summed E-state index contributed by atoms with van der Waals surface area (Å²) in [5.74, 6) is -0.214. The van der Waals surface area contributed by atoms with Gasteiger partial charge in [0.2, 0.25) is 0 Å². The molecule has 1 aromatic carbocycles. The molecule has 0 unspecified atom stereocenters. The number of ether oxygens (including phenoxy) is 1. The molecule has 0 aliphatic carbocycles. The van der Waals surface area contributed by atoms with Gasteiger partial charge in [-0.2, -0.15) is 0 Å². The van der Waals surface area contributed by atoms with Crippen LogP contribution in [0.2, 0.25) is 0 Å². The number of nitrogens with zero attached hydrogens (tertiary/aromatic N) is 1. The number of carbonyl (C=O) groups is 1. The summed E-state index contributed by atoms with van der Waals surface area (Å²) in [5, 5.41) is 3.54. The number of benzene rings is 1. The summed E-state index contributed by atoms with van der Waals surface area (Å²) in [6.45, 7) is 5.74. The van der Waals surface area contributed by atoms with Crippen molar-refractivity contribution in [2.24, 2.45) is 0 Å². The number of amides is 1. The average molecular weight is 294 g/mol. The Hall–Kier alpha value is -1.62. The minimum atomic E-state index is -0.220. The van der Waals surface area contributed by atoms with Crippen molar-refractivity contribution in [2.75, 3.05) is 19.7 Å². The van der Waals surface area contributed by atoms with Crippen LogP contribution in [0.1, 0.15) is 38.3 Å². The molecule has 0 aromatic heterocycles. The van der Waals surface area contributed by atoms with Crippen LogP contribution < -0.4 is 5.32 Å². The standard InChI is InChI=1S/C16H23FN2O2/c1-3-21-16(20)19-10-8-15(9-11-19)18-12(2)13-4-6-14(17)7-5-13/h4-7,12,15,18H,3,8-11H2,1-2H3/t12-/m1/s1. The Labute approximate surface area is 125 Å². The highest BCUT2D eigenvalue weighted by Gasteiger charge is 2.24. The third-order valence-electron chi connectivity index (χ3n) is 3.88. The fraction of sp³-hybridized carbons (Fsp3) is 0.562. The molecule has 4 nitrogen and oxygen atoms in total. The number of hydrogen-bond acceptors (Lipinski definition) is 3. The third kappa shape index (κ3) is 4.43. The lowest BCUT2D eigenvalue weighted by atomic mass is 10.0. The topological polar surface area (TPSA) is 41.6 Å². The summed E-state index contributed by atoms with van der Waals surface area (Å²) in [6.07, 6.45) is 1.59. The molecule has 0 spiro atoms. The normalized spacial score (nSPS) is 17.6. The number of halogens is 1. The zero-order valence-corrected chi connectivity index (χ0v) is 12.6. The molecule has 1 atom stereocenters. The van der Waals surface area contributed by atoms with Crippen molar-refractivity contribution in [1.82, 2.24) is 10.2 Å². The van der Waals surface area contributed by atoms with Crippen LogP contribution in [0, 0.1) is 5.82 Å². The summed E-state index contributed by atoms with van der Waals surface area (Å²) in [7, 11) is 0. The number of nitrogens with one attached hydrogen (secondary N) is 1. The molecule has 116 valence electrons. The first-order valence-electron chi connectivity index (χ1n) is 7.53. The number of hydrogen-bond donors (Lipinski definition) is 1. The summed E-state index contributed by atoms with van der Waals surface area (Å²) < 4.78 is 17.9. The van der Waals surface area contributed by atoms with E-state index >= 15 is 0 Å². The number of likely N-dealkylation sites (tertiary alicyclic amines) is 1. The van der Waals surface area contributed by atoms with E-state index in [4.69, 9.17) is 4.74 Å². The van der Waals surface area contributed by atoms with Crippen LogP contribution in [0.4, 0.5) is 9.18 Å². The van der Waals surface area contributed by atoms with Gasteiger partial charge in [-0.15, -0.1) is 0 Å². The van der Waals surface area contributed by atoms with Crippen molar-refractivity contribution in [1.29, 1.82) is 0 Å². The van der Waals surface area contributed by atoms with Crippen LogP contribution in [-0.2, 0) is 4.74 Å². The lowest BCUT2D eigenvalue weighted by Gasteiger charge is -2.33. The SMILES string of the molecule is CCOC(=O)N1CCC(N[C@H](C)c2ccc(F)cc2)CC1. The van der Waals surface area contributed by atoms with E-state index in [9.17, 15) is 9.18 Å². The van der Waals surface area contributed by atoms with Gasteiger partial charge in [-0.25, -0.2) is 9.18 Å². The van der Waals surface area contributed by atoms with Crippen molar-refractivity contribution in [3.63, 3.8) is 0 Å². The Morgan fingerprint density at radius 1 is 1.38 bits per heavy atom. The molecule has 1 aliphatic heterocycles. The Balaban J connectivity index is 1.80. The molecule has 0 radical (unpaired) electrons. The molecule has 1 aromatic rings. The Morgan fingerprint density at radius 2 is 2.00 bits per heavy atom. The predicted octanol–water partition coefficient (Wildman–Crippen LogP) is 3.10. The molecule has 1 amide bonds. The number of carbonyl (C=O) groups excluding carboxylic acids is 1. The molecule has 2 rings (SSSR count). The van der Waals surface area contributed by atoms with Gasteiger partial charge >= 0.3 is 6.09 Å². The maximum absolute atomic E-state index is 12.9. The molecule has 1 fully saturated rings. The molecule has 5 heteroatoms.